The van der Waals surface area contributed by atoms with Crippen LogP contribution in [0.15, 0.2) is 35.6 Å². The van der Waals surface area contributed by atoms with E-state index in [2.05, 4.69) is 0 Å². The lowest BCUT2D eigenvalue weighted by Gasteiger charge is -2.47. The van der Waals surface area contributed by atoms with Gasteiger partial charge in [0.05, 0.1) is 32.3 Å². The third-order valence-corrected chi connectivity index (χ3v) is 8.51. The first-order valence-electron chi connectivity index (χ1n) is 13.3. The van der Waals surface area contributed by atoms with Crippen LogP contribution in [0.1, 0.15) is 30.1 Å². The van der Waals surface area contributed by atoms with Crippen molar-refractivity contribution in [1.29, 1.82) is 0 Å². The van der Waals surface area contributed by atoms with Gasteiger partial charge in [-0.25, -0.2) is 0 Å². The van der Waals surface area contributed by atoms with Gasteiger partial charge in [-0.15, -0.1) is 0 Å². The summed E-state index contributed by atoms with van der Waals surface area (Å²) < 4.78 is 45.5. The molecule has 1 aromatic carbocycles. The first kappa shape index (κ1) is 26.6. The third-order valence-electron chi connectivity index (χ3n) is 8.51. The molecule has 0 amide bonds. The lowest BCUT2D eigenvalue weighted by Crippen LogP contribution is -2.63. The zero-order chi connectivity index (χ0) is 28.6. The molecule has 3 saturated heterocycles. The van der Waals surface area contributed by atoms with Crippen LogP contribution >= 0.6 is 0 Å². The van der Waals surface area contributed by atoms with Crippen LogP contribution in [0.4, 0.5) is 0 Å². The van der Waals surface area contributed by atoms with Gasteiger partial charge >= 0.3 is 5.97 Å². The second kappa shape index (κ2) is 9.89. The van der Waals surface area contributed by atoms with E-state index in [4.69, 9.17) is 37.9 Å². The zero-order valence-corrected chi connectivity index (χ0v) is 22.1. The number of hydrogen-bond donors (Lipinski definition) is 2. The van der Waals surface area contributed by atoms with Crippen LogP contribution in [0.3, 0.4) is 0 Å². The van der Waals surface area contributed by atoms with Gasteiger partial charge in [0.1, 0.15) is 24.4 Å². The minimum Gasteiger partial charge on any atom is -0.492 e. The highest BCUT2D eigenvalue weighted by atomic mass is 16.8. The smallest absolute Gasteiger partial charge is 0.310 e. The Hall–Kier alpha value is -3.33. The van der Waals surface area contributed by atoms with Crippen molar-refractivity contribution in [2.75, 3.05) is 27.1 Å². The van der Waals surface area contributed by atoms with E-state index < -0.39 is 78.4 Å². The van der Waals surface area contributed by atoms with E-state index >= 15 is 0 Å². The van der Waals surface area contributed by atoms with Gasteiger partial charge in [-0.05, 0) is 47.9 Å². The number of Topliss-reactive ketones (excluding diaryl/α,β-unsaturated/α-hetero) is 1. The number of ether oxygens (including phenoxy) is 8. The van der Waals surface area contributed by atoms with E-state index in [0.717, 1.165) is 0 Å². The number of aliphatic hydroxyl groups is 2. The number of methoxy groups -OCH3 is 1. The Morgan fingerprint density at radius 2 is 1.68 bits per heavy atom. The summed E-state index contributed by atoms with van der Waals surface area (Å²) in [4.78, 5) is 38.2. The number of rotatable bonds is 4. The van der Waals surface area contributed by atoms with Gasteiger partial charge < -0.3 is 48.1 Å². The fourth-order valence-electron chi connectivity index (χ4n) is 6.57. The van der Waals surface area contributed by atoms with Gasteiger partial charge in [-0.2, -0.15) is 0 Å². The van der Waals surface area contributed by atoms with Crippen molar-refractivity contribution >= 4 is 17.5 Å². The van der Waals surface area contributed by atoms with Crippen molar-refractivity contribution in [1.82, 2.24) is 0 Å². The van der Waals surface area contributed by atoms with E-state index in [1.807, 2.05) is 0 Å². The summed E-state index contributed by atoms with van der Waals surface area (Å²) >= 11 is 0. The molecule has 2 N–H and O–H groups in total. The van der Waals surface area contributed by atoms with Crippen LogP contribution in [-0.4, -0.2) is 91.9 Å². The van der Waals surface area contributed by atoms with E-state index in [-0.39, 0.29) is 25.8 Å². The fourth-order valence-corrected chi connectivity index (χ4v) is 6.57. The molecule has 0 spiro atoms. The normalized spacial score (nSPS) is 39.3. The molecule has 0 radical (unpaired) electrons. The predicted octanol–water partition coefficient (Wildman–Crippen LogP) is 0.176. The van der Waals surface area contributed by atoms with Crippen LogP contribution < -0.4 is 9.47 Å². The van der Waals surface area contributed by atoms with Gasteiger partial charge in [0.25, 0.3) is 5.78 Å². The number of ketones is 2. The van der Waals surface area contributed by atoms with Crippen LogP contribution in [-0.2, 0) is 42.8 Å². The minimum absolute atomic E-state index is 0.00907. The van der Waals surface area contributed by atoms with Crippen molar-refractivity contribution in [3.05, 3.63) is 46.7 Å². The number of allylic oxidation sites excluding steroid dienone is 4. The summed E-state index contributed by atoms with van der Waals surface area (Å²) in [7, 11) is 1.29. The summed E-state index contributed by atoms with van der Waals surface area (Å²) in [5.41, 5.74) is 1.58. The van der Waals surface area contributed by atoms with Crippen LogP contribution in [0.5, 0.6) is 11.5 Å². The second-order valence-electron chi connectivity index (χ2n) is 10.8. The van der Waals surface area contributed by atoms with Crippen LogP contribution in [0.2, 0.25) is 0 Å². The van der Waals surface area contributed by atoms with Crippen molar-refractivity contribution < 1.29 is 62.5 Å². The van der Waals surface area contributed by atoms with Gasteiger partial charge in [0, 0.05) is 11.8 Å². The van der Waals surface area contributed by atoms with Crippen molar-refractivity contribution in [3.63, 3.8) is 0 Å². The Balaban J connectivity index is 1.30. The molecule has 0 saturated carbocycles. The lowest BCUT2D eigenvalue weighted by atomic mass is 9.65. The molecular weight excluding hydrogens is 544 g/mol. The van der Waals surface area contributed by atoms with Crippen LogP contribution in [0.25, 0.3) is 0 Å². The first-order chi connectivity index (χ1) is 19.7. The Morgan fingerprint density at radius 3 is 2.44 bits per heavy atom. The molecule has 4 aliphatic heterocycles. The standard InChI is InChI=1S/C28H28O13/c1-10-35-8-19-26(39-10)23(31)24(32)28(40-19)41-25-13-6-17-16(37-9-38-17)5-12(13)20(21-14(25)7-36-27(21)33)11-3-15(29)22(30)18(4-11)34-2/h3-6,10,14,19-21,23-26,28,31-32H,7-9H2,1-2H3/t10-,14-,19+,20+,21+,23+,24+,25-,26+,28-/m0/s1. The van der Waals surface area contributed by atoms with E-state index in [9.17, 15) is 24.6 Å². The topological polar surface area (TPSA) is 166 Å². The number of fused-ring (bicyclic) bond motifs is 4. The quantitative estimate of drug-likeness (QED) is 0.285. The maximum Gasteiger partial charge on any atom is 0.310 e. The summed E-state index contributed by atoms with van der Waals surface area (Å²) in [5, 5.41) is 21.8. The number of aliphatic hydroxyl groups excluding tert-OH is 2. The van der Waals surface area contributed by atoms with Crippen molar-refractivity contribution in [2.24, 2.45) is 11.8 Å². The molecule has 218 valence electrons. The molecule has 0 bridgehead atoms. The van der Waals surface area contributed by atoms with E-state index in [1.165, 1.54) is 19.3 Å². The Kier molecular flexibility index (Phi) is 6.41. The molecule has 13 nitrogen and oxygen atoms in total. The van der Waals surface area contributed by atoms with Gasteiger partial charge in [0.2, 0.25) is 12.6 Å². The van der Waals surface area contributed by atoms with E-state index in [0.29, 0.717) is 28.2 Å². The Bertz CT molecular complexity index is 1360. The first-order valence-corrected chi connectivity index (χ1v) is 13.3. The zero-order valence-electron chi connectivity index (χ0n) is 22.1. The predicted molar refractivity (Wildman–Crippen MR) is 131 cm³/mol. The number of benzene rings is 1. The average Bonchev–Trinajstić information content (AvgIpc) is 3.58. The minimum atomic E-state index is -1.47. The highest BCUT2D eigenvalue weighted by Gasteiger charge is 2.56. The van der Waals surface area contributed by atoms with Crippen molar-refractivity contribution in [3.8, 4) is 11.5 Å². The van der Waals surface area contributed by atoms with Gasteiger partial charge in [-0.1, -0.05) is 0 Å². The monoisotopic (exact) mass is 572 g/mol. The van der Waals surface area contributed by atoms with Crippen LogP contribution in [0, 0.1) is 11.8 Å². The van der Waals surface area contributed by atoms with Gasteiger partial charge in [0.15, 0.2) is 29.8 Å². The molecule has 6 aliphatic rings. The third kappa shape index (κ3) is 4.18. The summed E-state index contributed by atoms with van der Waals surface area (Å²) in [6.07, 6.45) is -4.35. The van der Waals surface area contributed by atoms with Crippen molar-refractivity contribution in [2.45, 2.75) is 55.9 Å². The number of cyclic esters (lactones) is 1. The molecule has 0 aromatic heterocycles. The summed E-state index contributed by atoms with van der Waals surface area (Å²) in [5.74, 6) is -3.43. The molecule has 13 heteroatoms. The SMILES string of the molecule is COC1=CC([C@@H]2c3cc4c(cc3[C@H](O[C@@H]3O[C@@H]5CO[C@H](C)O[C@H]5[C@H](O)[C@H]3O)[C@H]3COC(=O)[C@H]32)OCO4)=CC(=O)C1=O. The summed E-state index contributed by atoms with van der Waals surface area (Å²) in [6, 6.07) is 3.45. The second-order valence-corrected chi connectivity index (χ2v) is 10.8. The molecule has 2 aliphatic carbocycles. The Morgan fingerprint density at radius 1 is 0.927 bits per heavy atom. The van der Waals surface area contributed by atoms with Gasteiger partial charge in [-0.3, -0.25) is 14.4 Å². The average molecular weight is 573 g/mol. The molecule has 10 atom stereocenters. The molecule has 0 unspecified atom stereocenters. The maximum atomic E-state index is 13.3. The number of carbonyl (C=O) groups is 3. The summed E-state index contributed by atoms with van der Waals surface area (Å²) in [6.45, 7) is 1.79. The number of esters is 1. The maximum absolute atomic E-state index is 13.3. The molecular formula is C28H28O13. The highest BCUT2D eigenvalue weighted by molar-refractivity contribution is 6.47. The van der Waals surface area contributed by atoms with E-state index in [1.54, 1.807) is 19.1 Å². The highest BCUT2D eigenvalue weighted by Crippen LogP contribution is 2.56. The largest absolute Gasteiger partial charge is 0.492 e. The molecule has 3 fully saturated rings. The number of carbonyl (C=O) groups excluding carboxylic acids is 3. The fraction of sp³-hybridized carbons (Fsp3) is 0.536. The Labute approximate surface area is 233 Å². The molecule has 4 heterocycles. The molecule has 7 rings (SSSR count). The lowest BCUT2D eigenvalue weighted by molar-refractivity contribution is -0.364. The molecule has 41 heavy (non-hydrogen) atoms. The number of hydrogen-bond acceptors (Lipinski definition) is 13. The molecule has 1 aromatic rings.